The van der Waals surface area contributed by atoms with Gasteiger partial charge in [-0.15, -0.1) is 0 Å². The molecule has 0 aromatic heterocycles. The van der Waals surface area contributed by atoms with Crippen molar-refractivity contribution in [1.82, 2.24) is 0 Å². The maximum atomic E-state index is 8.31. The molecule has 0 spiro atoms. The highest BCUT2D eigenvalue weighted by Crippen LogP contribution is 2.26. The zero-order chi connectivity index (χ0) is 12.8. The lowest BCUT2D eigenvalue weighted by Gasteiger charge is -2.43. The van der Waals surface area contributed by atoms with Gasteiger partial charge in [0.15, 0.2) is 0 Å². The van der Waals surface area contributed by atoms with Gasteiger partial charge in [-0.1, -0.05) is 10.2 Å². The maximum Gasteiger partial charge on any atom is 0.147 e. The molecule has 0 aromatic carbocycles. The second kappa shape index (κ2) is 6.41. The van der Waals surface area contributed by atoms with Gasteiger partial charge in [0.25, 0.3) is 0 Å². The Balaban J connectivity index is 2.03. The Hall–Kier alpha value is -1.54. The summed E-state index contributed by atoms with van der Waals surface area (Å²) in [4.78, 5) is 5.37. The van der Waals surface area contributed by atoms with Gasteiger partial charge in [-0.25, -0.2) is 0 Å². The average molecular weight is 256 g/mol. The lowest BCUT2D eigenvalue weighted by atomic mass is 10.0. The zero-order valence-electron chi connectivity index (χ0n) is 9.45. The maximum absolute atomic E-state index is 8.31. The fraction of sp³-hybridized carbons (Fsp3) is 1.00. The summed E-state index contributed by atoms with van der Waals surface area (Å²) in [6.45, 7) is 0.447. The lowest BCUT2D eigenvalue weighted by molar-refractivity contribution is -0.318. The number of nitrogens with zero attached hydrogens (tertiary/aromatic N) is 6. The number of fused-ring (bicyclic) bond motifs is 1. The Morgan fingerprint density at radius 3 is 1.67 bits per heavy atom. The Labute approximate surface area is 102 Å². The van der Waals surface area contributed by atoms with Crippen LogP contribution in [0.3, 0.4) is 0 Å². The van der Waals surface area contributed by atoms with Gasteiger partial charge in [0.05, 0.1) is 25.3 Å². The van der Waals surface area contributed by atoms with E-state index >= 15 is 0 Å². The summed E-state index contributed by atoms with van der Waals surface area (Å²) in [7, 11) is 0. The van der Waals surface area contributed by atoms with E-state index in [4.69, 9.17) is 30.0 Å². The third-order valence-electron chi connectivity index (χ3n) is 2.79. The van der Waals surface area contributed by atoms with Crippen LogP contribution in [0.4, 0.5) is 0 Å². The summed E-state index contributed by atoms with van der Waals surface area (Å²) in [5, 5.41) is 6.94. The average Bonchev–Trinajstić information content (AvgIpc) is 2.42. The van der Waals surface area contributed by atoms with Crippen molar-refractivity contribution in [3.8, 4) is 0 Å². The molecule has 10 heteroatoms. The highest BCUT2D eigenvalue weighted by molar-refractivity contribution is 4.91. The van der Waals surface area contributed by atoms with E-state index in [2.05, 4.69) is 20.1 Å². The number of hydrogen-bond acceptors (Lipinski definition) is 6. The standard InChI is InChI=1S/C8H12N6O4/c9-13-11-1-5-7-8(18-3-15-5)6(2-12-14-10)16-4-17-7/h5-8H,1-4H2/t5-,6-,7-,8-/m1/s1. The molecule has 2 rings (SSSR count). The number of azide groups is 2. The van der Waals surface area contributed by atoms with E-state index in [-0.39, 0.29) is 38.9 Å². The van der Waals surface area contributed by atoms with Gasteiger partial charge in [-0.2, -0.15) is 0 Å². The van der Waals surface area contributed by atoms with Crippen LogP contribution in [0, 0.1) is 0 Å². The first-order chi connectivity index (χ1) is 8.86. The van der Waals surface area contributed by atoms with Crippen LogP contribution in [0.2, 0.25) is 0 Å². The molecule has 0 amide bonds. The number of ether oxygens (including phenoxy) is 4. The van der Waals surface area contributed by atoms with Gasteiger partial charge in [0.1, 0.15) is 25.8 Å². The SMILES string of the molecule is [N-]=[N+]=NC[C@H]1OCO[C@H]2[C@@H]1OCO[C@@H]2CN=[N+]=[N-]. The lowest BCUT2D eigenvalue weighted by Crippen LogP contribution is -2.58. The molecule has 0 unspecified atom stereocenters. The minimum absolute atomic E-state index is 0.0618. The Morgan fingerprint density at radius 2 is 1.28 bits per heavy atom. The third-order valence-corrected chi connectivity index (χ3v) is 2.79. The third kappa shape index (κ3) is 2.82. The normalized spacial score (nSPS) is 34.9. The molecule has 10 nitrogen and oxygen atoms in total. The predicted octanol–water partition coefficient (Wildman–Crippen LogP) is 1.09. The molecular formula is C8H12N6O4. The molecule has 0 radical (unpaired) electrons. The first-order valence-corrected chi connectivity index (χ1v) is 5.35. The summed E-state index contributed by atoms with van der Waals surface area (Å²) in [5.41, 5.74) is 16.6. The van der Waals surface area contributed by atoms with E-state index in [9.17, 15) is 0 Å². The molecule has 2 saturated heterocycles. The smallest absolute Gasteiger partial charge is 0.147 e. The van der Waals surface area contributed by atoms with Crippen LogP contribution in [-0.2, 0) is 18.9 Å². The largest absolute Gasteiger partial charge is 0.349 e. The van der Waals surface area contributed by atoms with Gasteiger partial charge >= 0.3 is 0 Å². The number of hydrogen-bond donors (Lipinski definition) is 0. The molecule has 18 heavy (non-hydrogen) atoms. The molecule has 2 aliphatic heterocycles. The summed E-state index contributed by atoms with van der Waals surface area (Å²) >= 11 is 0. The van der Waals surface area contributed by atoms with E-state index in [1.807, 2.05) is 0 Å². The summed E-state index contributed by atoms with van der Waals surface area (Å²) in [6, 6.07) is 0. The van der Waals surface area contributed by atoms with Gasteiger partial charge in [0.2, 0.25) is 0 Å². The highest BCUT2D eigenvalue weighted by atomic mass is 16.8. The van der Waals surface area contributed by atoms with Gasteiger partial charge < -0.3 is 18.9 Å². The van der Waals surface area contributed by atoms with E-state index in [0.717, 1.165) is 0 Å². The van der Waals surface area contributed by atoms with Gasteiger partial charge in [-0.05, 0) is 11.1 Å². The molecule has 98 valence electrons. The summed E-state index contributed by atoms with van der Waals surface area (Å²) in [5.74, 6) is 0. The minimum Gasteiger partial charge on any atom is -0.349 e. The quantitative estimate of drug-likeness (QED) is 0.422. The van der Waals surface area contributed by atoms with Crippen molar-refractivity contribution in [3.63, 3.8) is 0 Å². The van der Waals surface area contributed by atoms with Crippen molar-refractivity contribution in [2.45, 2.75) is 24.4 Å². The van der Waals surface area contributed by atoms with Crippen LogP contribution >= 0.6 is 0 Å². The molecule has 2 heterocycles. The van der Waals surface area contributed by atoms with Gasteiger partial charge in [-0.3, -0.25) is 0 Å². The monoisotopic (exact) mass is 256 g/mol. The minimum atomic E-state index is -0.392. The van der Waals surface area contributed by atoms with Crippen LogP contribution in [0.15, 0.2) is 10.2 Å². The summed E-state index contributed by atoms with van der Waals surface area (Å²) < 4.78 is 21.5. The van der Waals surface area contributed by atoms with Crippen LogP contribution < -0.4 is 0 Å². The van der Waals surface area contributed by atoms with E-state index in [1.54, 1.807) is 0 Å². The molecule has 0 bridgehead atoms. The zero-order valence-corrected chi connectivity index (χ0v) is 9.45. The Kier molecular flexibility index (Phi) is 4.59. The van der Waals surface area contributed by atoms with E-state index in [0.29, 0.717) is 0 Å². The van der Waals surface area contributed by atoms with Crippen molar-refractivity contribution < 1.29 is 18.9 Å². The van der Waals surface area contributed by atoms with Gasteiger partial charge in [0, 0.05) is 9.82 Å². The first-order valence-electron chi connectivity index (χ1n) is 5.35. The van der Waals surface area contributed by atoms with E-state index in [1.165, 1.54) is 0 Å². The summed E-state index contributed by atoms with van der Waals surface area (Å²) in [6.07, 6.45) is -1.54. The van der Waals surface area contributed by atoms with Crippen LogP contribution in [0.5, 0.6) is 0 Å². The van der Waals surface area contributed by atoms with Crippen LogP contribution in [0.1, 0.15) is 0 Å². The predicted molar refractivity (Wildman–Crippen MR) is 57.3 cm³/mol. The molecule has 0 N–H and O–H groups in total. The Bertz CT molecular complexity index is 344. The fourth-order valence-electron chi connectivity index (χ4n) is 1.97. The van der Waals surface area contributed by atoms with Crippen LogP contribution in [0.25, 0.3) is 20.9 Å². The molecule has 4 atom stereocenters. The molecule has 2 aliphatic rings. The first kappa shape index (κ1) is 12.9. The van der Waals surface area contributed by atoms with Crippen molar-refractivity contribution in [2.75, 3.05) is 26.7 Å². The van der Waals surface area contributed by atoms with E-state index < -0.39 is 12.2 Å². The van der Waals surface area contributed by atoms with Crippen molar-refractivity contribution in [1.29, 1.82) is 0 Å². The highest BCUT2D eigenvalue weighted by Gasteiger charge is 2.43. The molecular weight excluding hydrogens is 244 g/mol. The molecule has 0 aliphatic carbocycles. The molecule has 0 saturated carbocycles. The van der Waals surface area contributed by atoms with Crippen molar-refractivity contribution >= 4 is 0 Å². The second-order valence-corrected chi connectivity index (χ2v) is 3.74. The Morgan fingerprint density at radius 1 is 0.833 bits per heavy atom. The van der Waals surface area contributed by atoms with Crippen molar-refractivity contribution in [3.05, 3.63) is 20.9 Å². The fourth-order valence-corrected chi connectivity index (χ4v) is 1.97. The number of rotatable bonds is 4. The molecule has 2 fully saturated rings. The van der Waals surface area contributed by atoms with Crippen molar-refractivity contribution in [2.24, 2.45) is 10.2 Å². The molecule has 0 aromatic rings. The second-order valence-electron chi connectivity index (χ2n) is 3.74. The van der Waals surface area contributed by atoms with Crippen LogP contribution in [-0.4, -0.2) is 51.1 Å². The topological polar surface area (TPSA) is 134 Å².